The van der Waals surface area contributed by atoms with Gasteiger partial charge in [0.15, 0.2) is 0 Å². The van der Waals surface area contributed by atoms with E-state index in [9.17, 15) is 9.59 Å². The second-order valence-electron chi connectivity index (χ2n) is 7.89. The molecule has 0 spiro atoms. The largest absolute Gasteiger partial charge is 0.365 e. The van der Waals surface area contributed by atoms with Crippen molar-refractivity contribution in [2.24, 2.45) is 5.73 Å². The predicted octanol–water partition coefficient (Wildman–Crippen LogP) is 3.90. The molecule has 5 rings (SSSR count). The summed E-state index contributed by atoms with van der Waals surface area (Å²) in [6.07, 6.45) is 0.779. The van der Waals surface area contributed by atoms with Gasteiger partial charge in [0.1, 0.15) is 22.9 Å². The van der Waals surface area contributed by atoms with E-state index in [1.54, 1.807) is 35.0 Å². The minimum atomic E-state index is -0.564. The highest BCUT2D eigenvalue weighted by molar-refractivity contribution is 6.06. The molecular formula is C25H22N6O2. The summed E-state index contributed by atoms with van der Waals surface area (Å²) in [6.45, 7) is 2.48. The molecule has 1 aliphatic rings. The highest BCUT2D eigenvalue weighted by atomic mass is 16.2. The van der Waals surface area contributed by atoms with Crippen LogP contribution in [0.4, 0.5) is 17.3 Å². The Balaban J connectivity index is 1.45. The monoisotopic (exact) mass is 438 g/mol. The minimum absolute atomic E-state index is 0.270. The molecule has 0 bridgehead atoms. The summed E-state index contributed by atoms with van der Waals surface area (Å²) in [7, 11) is 0. The second-order valence-corrected chi connectivity index (χ2v) is 7.89. The van der Waals surface area contributed by atoms with E-state index in [1.807, 2.05) is 37.3 Å². The third-order valence-corrected chi connectivity index (χ3v) is 5.61. The highest BCUT2D eigenvalue weighted by Crippen LogP contribution is 2.34. The van der Waals surface area contributed by atoms with Gasteiger partial charge in [-0.25, -0.2) is 9.67 Å². The number of hydrogen-bond donors (Lipinski definition) is 3. The van der Waals surface area contributed by atoms with Crippen LogP contribution in [0.25, 0.3) is 11.3 Å². The smallest absolute Gasteiger partial charge is 0.256 e. The lowest BCUT2D eigenvalue weighted by atomic mass is 10.0. The molecule has 8 heteroatoms. The Kier molecular flexibility index (Phi) is 5.10. The first-order chi connectivity index (χ1) is 16.0. The van der Waals surface area contributed by atoms with Crippen molar-refractivity contribution in [1.82, 2.24) is 14.8 Å². The van der Waals surface area contributed by atoms with Crippen LogP contribution in [0.1, 0.15) is 32.0 Å². The first kappa shape index (κ1) is 20.4. The van der Waals surface area contributed by atoms with E-state index in [0.717, 1.165) is 23.4 Å². The normalized spacial score (nSPS) is 12.2. The summed E-state index contributed by atoms with van der Waals surface area (Å²) in [6, 6.07) is 20.3. The Morgan fingerprint density at radius 1 is 1.03 bits per heavy atom. The van der Waals surface area contributed by atoms with Gasteiger partial charge >= 0.3 is 0 Å². The average Bonchev–Trinajstić information content (AvgIpc) is 3.07. The third kappa shape index (κ3) is 3.94. The van der Waals surface area contributed by atoms with Crippen molar-refractivity contribution in [2.45, 2.75) is 19.9 Å². The van der Waals surface area contributed by atoms with Gasteiger partial charge in [-0.15, -0.1) is 0 Å². The quantitative estimate of drug-likeness (QED) is 0.447. The van der Waals surface area contributed by atoms with Crippen LogP contribution in [0.3, 0.4) is 0 Å². The van der Waals surface area contributed by atoms with Crippen LogP contribution in [0, 0.1) is 6.92 Å². The molecule has 2 aromatic carbocycles. The number of anilines is 3. The highest BCUT2D eigenvalue weighted by Gasteiger charge is 2.26. The van der Waals surface area contributed by atoms with Gasteiger partial charge in [-0.05, 0) is 49.2 Å². The number of aromatic nitrogens is 3. The lowest BCUT2D eigenvalue weighted by Gasteiger charge is -2.09. The number of rotatable bonds is 4. The van der Waals surface area contributed by atoms with Gasteiger partial charge < -0.3 is 16.4 Å². The predicted molar refractivity (Wildman–Crippen MR) is 127 cm³/mol. The number of para-hydroxylation sites is 1. The zero-order valence-corrected chi connectivity index (χ0v) is 18.0. The summed E-state index contributed by atoms with van der Waals surface area (Å²) in [5.41, 5.74) is 10.6. The molecule has 4 N–H and O–H groups in total. The van der Waals surface area contributed by atoms with Crippen molar-refractivity contribution < 1.29 is 9.59 Å². The molecule has 0 fully saturated rings. The number of primary amides is 1. The second kappa shape index (κ2) is 8.23. The molecule has 1 aliphatic heterocycles. The van der Waals surface area contributed by atoms with Crippen molar-refractivity contribution in [1.29, 1.82) is 0 Å². The van der Waals surface area contributed by atoms with Gasteiger partial charge in [-0.1, -0.05) is 36.4 Å². The van der Waals surface area contributed by atoms with Crippen LogP contribution < -0.4 is 16.4 Å². The van der Waals surface area contributed by atoms with Crippen molar-refractivity contribution in [3.05, 3.63) is 89.1 Å². The maximum atomic E-state index is 12.6. The molecule has 2 aromatic heterocycles. The molecule has 4 aromatic rings. The Labute approximate surface area is 190 Å². The summed E-state index contributed by atoms with van der Waals surface area (Å²) in [5, 5.41) is 10.8. The molecule has 164 valence electrons. The first-order valence-electron chi connectivity index (χ1n) is 10.6. The Morgan fingerprint density at radius 2 is 1.82 bits per heavy atom. The number of fused-ring (bicyclic) bond motifs is 2. The molecule has 0 saturated carbocycles. The van der Waals surface area contributed by atoms with Crippen LogP contribution in [0.2, 0.25) is 0 Å². The molecule has 3 heterocycles. The van der Waals surface area contributed by atoms with Gasteiger partial charge in [0, 0.05) is 29.1 Å². The number of amides is 2. The number of carbonyl (C=O) groups is 2. The molecule has 0 aliphatic carbocycles. The van der Waals surface area contributed by atoms with Gasteiger partial charge in [0.25, 0.3) is 11.8 Å². The molecule has 0 saturated heterocycles. The number of carbonyl (C=O) groups excluding carboxylic acids is 2. The number of benzene rings is 2. The summed E-state index contributed by atoms with van der Waals surface area (Å²) in [4.78, 5) is 29.3. The molecule has 8 nitrogen and oxygen atoms in total. The zero-order chi connectivity index (χ0) is 22.9. The lowest BCUT2D eigenvalue weighted by molar-refractivity contribution is 0.0998. The number of nitrogens with two attached hydrogens (primary N) is 1. The van der Waals surface area contributed by atoms with E-state index >= 15 is 0 Å². The van der Waals surface area contributed by atoms with E-state index in [1.165, 1.54) is 0 Å². The Morgan fingerprint density at radius 3 is 2.58 bits per heavy atom. The Bertz CT molecular complexity index is 1370. The molecule has 0 radical (unpaired) electrons. The minimum Gasteiger partial charge on any atom is -0.365 e. The molecule has 2 amide bonds. The van der Waals surface area contributed by atoms with Crippen LogP contribution in [-0.2, 0) is 13.0 Å². The summed E-state index contributed by atoms with van der Waals surface area (Å²) < 4.78 is 1.78. The lowest BCUT2D eigenvalue weighted by Crippen LogP contribution is -2.14. The van der Waals surface area contributed by atoms with Crippen LogP contribution in [0.15, 0.2) is 66.7 Å². The molecule has 0 unspecified atom stereocenters. The average molecular weight is 438 g/mol. The topological polar surface area (TPSA) is 115 Å². The SMILES string of the molecule is Cc1cccc(NC(=O)c2ccc(-c3nn4c(c3C(N)=O)Nc3ccccc3CC4)cc2)n1. The van der Waals surface area contributed by atoms with E-state index in [2.05, 4.69) is 26.8 Å². The maximum Gasteiger partial charge on any atom is 0.256 e. The fourth-order valence-electron chi connectivity index (χ4n) is 3.98. The fourth-order valence-corrected chi connectivity index (χ4v) is 3.98. The van der Waals surface area contributed by atoms with Gasteiger partial charge in [-0.2, -0.15) is 5.10 Å². The zero-order valence-electron chi connectivity index (χ0n) is 18.0. The maximum absolute atomic E-state index is 12.6. The van der Waals surface area contributed by atoms with E-state index in [4.69, 9.17) is 5.73 Å². The van der Waals surface area contributed by atoms with Gasteiger partial charge in [0.05, 0.1) is 0 Å². The van der Waals surface area contributed by atoms with E-state index < -0.39 is 5.91 Å². The third-order valence-electron chi connectivity index (χ3n) is 5.61. The standard InChI is InChI=1S/C25H22N6O2/c1-15-5-4-8-20(27-15)29-25(33)18-11-9-17(10-12-18)22-21(23(26)32)24-28-19-7-3-2-6-16(19)13-14-31(24)30-22/h2-12,28H,13-14H2,1H3,(H2,26,32)(H,27,29,33). The summed E-state index contributed by atoms with van der Waals surface area (Å²) >= 11 is 0. The van der Waals surface area contributed by atoms with Crippen molar-refractivity contribution in [3.63, 3.8) is 0 Å². The number of aryl methyl sites for hydroxylation is 3. The van der Waals surface area contributed by atoms with E-state index in [-0.39, 0.29) is 5.91 Å². The van der Waals surface area contributed by atoms with Crippen LogP contribution >= 0.6 is 0 Å². The van der Waals surface area contributed by atoms with Crippen molar-refractivity contribution >= 4 is 29.1 Å². The number of pyridine rings is 1. The molecular weight excluding hydrogens is 416 g/mol. The number of nitrogens with one attached hydrogen (secondary N) is 2. The van der Waals surface area contributed by atoms with Gasteiger partial charge in [0.2, 0.25) is 0 Å². The van der Waals surface area contributed by atoms with Gasteiger partial charge in [-0.3, -0.25) is 9.59 Å². The summed E-state index contributed by atoms with van der Waals surface area (Å²) in [5.74, 6) is 0.234. The van der Waals surface area contributed by atoms with Crippen molar-refractivity contribution in [2.75, 3.05) is 10.6 Å². The molecule has 0 atom stereocenters. The fraction of sp³-hybridized carbons (Fsp3) is 0.120. The van der Waals surface area contributed by atoms with Crippen LogP contribution in [0.5, 0.6) is 0 Å². The number of hydrogen-bond acceptors (Lipinski definition) is 5. The van der Waals surface area contributed by atoms with E-state index in [0.29, 0.717) is 40.6 Å². The Hall–Kier alpha value is -4.46. The molecule has 33 heavy (non-hydrogen) atoms. The van der Waals surface area contributed by atoms with Crippen molar-refractivity contribution in [3.8, 4) is 11.3 Å². The van der Waals surface area contributed by atoms with Crippen LogP contribution in [-0.4, -0.2) is 26.6 Å². The number of nitrogens with zero attached hydrogens (tertiary/aromatic N) is 3. The first-order valence-corrected chi connectivity index (χ1v) is 10.6.